The number of rotatable bonds is 0. The minimum atomic E-state index is -2.94. The highest BCUT2D eigenvalue weighted by atomic mass is 19.3. The lowest BCUT2D eigenvalue weighted by Gasteiger charge is -2.24. The van der Waals surface area contributed by atoms with Crippen molar-refractivity contribution in [3.05, 3.63) is 35.4 Å². The number of halogens is 2. The summed E-state index contributed by atoms with van der Waals surface area (Å²) in [5.41, 5.74) is 1.06. The van der Waals surface area contributed by atoms with Crippen molar-refractivity contribution in [2.75, 3.05) is 0 Å². The van der Waals surface area contributed by atoms with Gasteiger partial charge < -0.3 is 5.41 Å². The van der Waals surface area contributed by atoms with E-state index in [0.717, 1.165) is 5.56 Å². The van der Waals surface area contributed by atoms with E-state index in [4.69, 9.17) is 5.41 Å². The molecule has 0 bridgehead atoms. The van der Waals surface area contributed by atoms with Gasteiger partial charge in [-0.05, 0) is 11.1 Å². The molecule has 0 saturated carbocycles. The van der Waals surface area contributed by atoms with Gasteiger partial charge in [-0.1, -0.05) is 24.3 Å². The largest absolute Gasteiger partial charge is 0.303 e. The maximum absolute atomic E-state index is 13.1. The molecule has 0 aliphatic heterocycles. The van der Waals surface area contributed by atoms with Gasteiger partial charge in [-0.2, -0.15) is 8.78 Å². The van der Waals surface area contributed by atoms with E-state index in [2.05, 4.69) is 0 Å². The van der Waals surface area contributed by atoms with Crippen molar-refractivity contribution in [1.82, 2.24) is 0 Å². The molecule has 1 aliphatic rings. The second kappa shape index (κ2) is 2.62. The fourth-order valence-electron chi connectivity index (χ4n) is 1.57. The first-order valence-electron chi connectivity index (χ1n) is 4.12. The zero-order chi connectivity index (χ0) is 9.47. The van der Waals surface area contributed by atoms with E-state index in [1.54, 1.807) is 18.2 Å². The van der Waals surface area contributed by atoms with Crippen LogP contribution < -0.4 is 0 Å². The molecule has 0 radical (unpaired) electrons. The van der Waals surface area contributed by atoms with E-state index >= 15 is 0 Å². The Morgan fingerprint density at radius 1 is 1.15 bits per heavy atom. The van der Waals surface area contributed by atoms with Crippen LogP contribution in [0.2, 0.25) is 0 Å². The summed E-state index contributed by atoms with van der Waals surface area (Å²) in [4.78, 5) is 0. The number of hydrogen-bond acceptors (Lipinski definition) is 1. The van der Waals surface area contributed by atoms with Crippen LogP contribution in [0.1, 0.15) is 11.1 Å². The Labute approximate surface area is 74.9 Å². The second-order valence-corrected chi connectivity index (χ2v) is 3.31. The zero-order valence-corrected chi connectivity index (χ0v) is 6.98. The monoisotopic (exact) mass is 181 g/mol. The lowest BCUT2D eigenvalue weighted by molar-refractivity contribution is 0.0726. The Bertz CT molecular complexity index is 358. The molecule has 0 spiro atoms. The highest BCUT2D eigenvalue weighted by Gasteiger charge is 2.39. The van der Waals surface area contributed by atoms with Crippen LogP contribution in [0.15, 0.2) is 24.3 Å². The van der Waals surface area contributed by atoms with Gasteiger partial charge >= 0.3 is 0 Å². The number of alkyl halides is 2. The molecule has 1 aromatic carbocycles. The van der Waals surface area contributed by atoms with Crippen LogP contribution in [0.25, 0.3) is 0 Å². The first-order chi connectivity index (χ1) is 6.09. The summed E-state index contributed by atoms with van der Waals surface area (Å²) < 4.78 is 26.1. The van der Waals surface area contributed by atoms with E-state index in [0.29, 0.717) is 5.56 Å². The molecule has 13 heavy (non-hydrogen) atoms. The molecule has 0 atom stereocenters. The van der Waals surface area contributed by atoms with Crippen molar-refractivity contribution in [3.8, 4) is 0 Å². The van der Waals surface area contributed by atoms with Crippen LogP contribution in [0.3, 0.4) is 0 Å². The van der Waals surface area contributed by atoms with Crippen molar-refractivity contribution >= 4 is 5.71 Å². The third-order valence-electron chi connectivity index (χ3n) is 2.34. The molecule has 1 nitrogen and oxygen atoms in total. The molecule has 1 N–H and O–H groups in total. The Hall–Kier alpha value is -1.25. The van der Waals surface area contributed by atoms with Gasteiger partial charge in [-0.15, -0.1) is 0 Å². The Balaban J connectivity index is 2.44. The SMILES string of the molecule is N=C1Cc2ccccc2CC1(F)F. The van der Waals surface area contributed by atoms with Crippen molar-refractivity contribution in [1.29, 1.82) is 5.41 Å². The Kier molecular flexibility index (Phi) is 1.68. The van der Waals surface area contributed by atoms with Gasteiger partial charge in [0.25, 0.3) is 5.92 Å². The molecule has 0 heterocycles. The normalized spacial score (nSPS) is 19.7. The summed E-state index contributed by atoms with van der Waals surface area (Å²) in [7, 11) is 0. The van der Waals surface area contributed by atoms with E-state index in [1.165, 1.54) is 0 Å². The van der Waals surface area contributed by atoms with Gasteiger partial charge in [0.2, 0.25) is 0 Å². The molecule has 0 unspecified atom stereocenters. The van der Waals surface area contributed by atoms with E-state index in [-0.39, 0.29) is 12.8 Å². The topological polar surface area (TPSA) is 23.9 Å². The van der Waals surface area contributed by atoms with Crippen LogP contribution in [0.5, 0.6) is 0 Å². The maximum atomic E-state index is 13.1. The number of hydrogen-bond donors (Lipinski definition) is 1. The van der Waals surface area contributed by atoms with Crippen molar-refractivity contribution in [2.45, 2.75) is 18.8 Å². The number of benzene rings is 1. The van der Waals surface area contributed by atoms with Gasteiger partial charge in [0.15, 0.2) is 0 Å². The van der Waals surface area contributed by atoms with Crippen LogP contribution in [0.4, 0.5) is 8.78 Å². The molecular weight excluding hydrogens is 172 g/mol. The third kappa shape index (κ3) is 1.34. The third-order valence-corrected chi connectivity index (χ3v) is 2.34. The van der Waals surface area contributed by atoms with Crippen molar-refractivity contribution < 1.29 is 8.78 Å². The summed E-state index contributed by atoms with van der Waals surface area (Å²) >= 11 is 0. The van der Waals surface area contributed by atoms with Gasteiger partial charge in [0.05, 0.1) is 5.71 Å². The molecule has 0 aromatic heterocycles. The van der Waals surface area contributed by atoms with Crippen LogP contribution in [0, 0.1) is 5.41 Å². The summed E-state index contributed by atoms with van der Waals surface area (Å²) in [5, 5.41) is 7.17. The van der Waals surface area contributed by atoms with Crippen LogP contribution in [-0.2, 0) is 12.8 Å². The highest BCUT2D eigenvalue weighted by molar-refractivity contribution is 5.92. The lowest BCUT2D eigenvalue weighted by Crippen LogP contribution is -2.36. The molecule has 3 heteroatoms. The van der Waals surface area contributed by atoms with E-state index in [1.807, 2.05) is 6.07 Å². The molecular formula is C10H9F2N. The molecule has 0 amide bonds. The Morgan fingerprint density at radius 3 is 2.46 bits per heavy atom. The summed E-state index contributed by atoms with van der Waals surface area (Å²) in [5.74, 6) is -2.94. The maximum Gasteiger partial charge on any atom is 0.289 e. The second-order valence-electron chi connectivity index (χ2n) is 3.31. The van der Waals surface area contributed by atoms with Crippen LogP contribution in [-0.4, -0.2) is 11.6 Å². The average Bonchev–Trinajstić information content (AvgIpc) is 2.06. The molecule has 1 aromatic rings. The lowest BCUT2D eigenvalue weighted by atomic mass is 9.88. The minimum absolute atomic E-state index is 0.0865. The molecule has 1 aliphatic carbocycles. The fraction of sp³-hybridized carbons (Fsp3) is 0.300. The average molecular weight is 181 g/mol. The summed E-state index contributed by atoms with van der Waals surface area (Å²) in [6, 6.07) is 7.08. The van der Waals surface area contributed by atoms with Crippen molar-refractivity contribution in [2.24, 2.45) is 0 Å². The zero-order valence-electron chi connectivity index (χ0n) is 6.98. The minimum Gasteiger partial charge on any atom is -0.303 e. The quantitative estimate of drug-likeness (QED) is 0.635. The smallest absolute Gasteiger partial charge is 0.289 e. The van der Waals surface area contributed by atoms with Gasteiger partial charge in [0.1, 0.15) is 0 Å². The van der Waals surface area contributed by atoms with Crippen LogP contribution >= 0.6 is 0 Å². The summed E-state index contributed by atoms with van der Waals surface area (Å²) in [6.07, 6.45) is -0.231. The Morgan fingerprint density at radius 2 is 1.77 bits per heavy atom. The predicted molar refractivity (Wildman–Crippen MR) is 46.5 cm³/mol. The summed E-state index contributed by atoms with van der Waals surface area (Å²) in [6.45, 7) is 0. The van der Waals surface area contributed by atoms with Gasteiger partial charge in [-0.3, -0.25) is 0 Å². The van der Waals surface area contributed by atoms with E-state index < -0.39 is 11.6 Å². The number of fused-ring (bicyclic) bond motifs is 1. The first-order valence-corrected chi connectivity index (χ1v) is 4.12. The molecule has 2 rings (SSSR count). The fourth-order valence-corrected chi connectivity index (χ4v) is 1.57. The van der Waals surface area contributed by atoms with E-state index in [9.17, 15) is 8.78 Å². The number of nitrogens with one attached hydrogen (secondary N) is 1. The predicted octanol–water partition coefficient (Wildman–Crippen LogP) is 2.44. The van der Waals surface area contributed by atoms with Gasteiger partial charge in [0, 0.05) is 12.8 Å². The van der Waals surface area contributed by atoms with Gasteiger partial charge in [-0.25, -0.2) is 0 Å². The molecule has 0 saturated heterocycles. The first kappa shape index (κ1) is 8.35. The standard InChI is InChI=1S/C10H9F2N/c11-10(12)6-8-4-2-1-3-7(8)5-9(10)13/h1-4,13H,5-6H2. The molecule has 68 valence electrons. The highest BCUT2D eigenvalue weighted by Crippen LogP contribution is 2.30. The van der Waals surface area contributed by atoms with Crippen molar-refractivity contribution in [3.63, 3.8) is 0 Å². The molecule has 0 fully saturated rings.